The fourth-order valence-corrected chi connectivity index (χ4v) is 3.10. The maximum absolute atomic E-state index is 11.6. The second-order valence-electron chi connectivity index (χ2n) is 4.37. The topological polar surface area (TPSA) is 60.2 Å². The summed E-state index contributed by atoms with van der Waals surface area (Å²) < 4.78 is 11.6. The van der Waals surface area contributed by atoms with Crippen LogP contribution in [0.5, 0.6) is 0 Å². The smallest absolute Gasteiger partial charge is 0.230 e. The van der Waals surface area contributed by atoms with E-state index in [4.69, 9.17) is 17.3 Å². The highest BCUT2D eigenvalue weighted by Crippen LogP contribution is 2.27. The molecule has 0 saturated heterocycles. The van der Waals surface area contributed by atoms with Crippen molar-refractivity contribution in [3.8, 4) is 11.1 Å². The van der Waals surface area contributed by atoms with E-state index in [0.717, 1.165) is 16.7 Å². The van der Waals surface area contributed by atoms with Crippen LogP contribution in [-0.2, 0) is 21.3 Å². The van der Waals surface area contributed by atoms with E-state index in [1.54, 1.807) is 0 Å². The second-order valence-corrected chi connectivity index (χ2v) is 6.24. The lowest BCUT2D eigenvalue weighted by Crippen LogP contribution is -2.20. The molecule has 0 aliphatic rings. The highest BCUT2D eigenvalue weighted by molar-refractivity contribution is 7.84. The first-order valence-electron chi connectivity index (χ1n) is 6.03. The monoisotopic (exact) mass is 307 g/mol. The zero-order valence-corrected chi connectivity index (χ0v) is 12.3. The van der Waals surface area contributed by atoms with E-state index >= 15 is 0 Å². The summed E-state index contributed by atoms with van der Waals surface area (Å²) in [5.41, 5.74) is 7.88. The van der Waals surface area contributed by atoms with E-state index in [2.05, 4.69) is 0 Å². The molecule has 0 saturated carbocycles. The van der Waals surface area contributed by atoms with E-state index in [1.165, 1.54) is 0 Å². The van der Waals surface area contributed by atoms with E-state index in [1.807, 2.05) is 48.5 Å². The SMILES string of the molecule is NC(=O)CS(=O)Cc1ccc(-c2ccccc2Cl)cc1. The number of hydrogen-bond donors (Lipinski definition) is 1. The Morgan fingerprint density at radius 2 is 1.75 bits per heavy atom. The molecule has 0 aliphatic carbocycles. The van der Waals surface area contributed by atoms with E-state index in [0.29, 0.717) is 10.8 Å². The van der Waals surface area contributed by atoms with Crippen molar-refractivity contribution < 1.29 is 9.00 Å². The van der Waals surface area contributed by atoms with Crippen molar-refractivity contribution in [3.05, 3.63) is 59.1 Å². The number of benzene rings is 2. The Morgan fingerprint density at radius 1 is 1.10 bits per heavy atom. The standard InChI is InChI=1S/C15H14ClNO2S/c16-14-4-2-1-3-13(14)12-7-5-11(6-8-12)9-20(19)10-15(17)18/h1-8H,9-10H2,(H2,17,18). The van der Waals surface area contributed by atoms with Crippen LogP contribution in [0.2, 0.25) is 5.02 Å². The first kappa shape index (κ1) is 14.8. The zero-order chi connectivity index (χ0) is 14.5. The first-order valence-corrected chi connectivity index (χ1v) is 7.90. The van der Waals surface area contributed by atoms with Crippen LogP contribution < -0.4 is 5.73 Å². The molecular formula is C15H14ClNO2S. The van der Waals surface area contributed by atoms with Crippen molar-refractivity contribution in [1.29, 1.82) is 0 Å². The Kier molecular flexibility index (Phi) is 4.93. The van der Waals surface area contributed by atoms with Gasteiger partial charge in [0.1, 0.15) is 5.75 Å². The van der Waals surface area contributed by atoms with Crippen molar-refractivity contribution in [2.45, 2.75) is 5.75 Å². The van der Waals surface area contributed by atoms with Crippen molar-refractivity contribution in [2.24, 2.45) is 5.73 Å². The molecule has 0 aromatic heterocycles. The fraction of sp³-hybridized carbons (Fsp3) is 0.133. The molecular weight excluding hydrogens is 294 g/mol. The average Bonchev–Trinajstić information content (AvgIpc) is 2.39. The molecule has 1 amide bonds. The molecule has 1 unspecified atom stereocenters. The molecule has 2 aromatic carbocycles. The number of carbonyl (C=O) groups excluding carboxylic acids is 1. The number of nitrogens with two attached hydrogens (primary N) is 1. The van der Waals surface area contributed by atoms with Crippen LogP contribution >= 0.6 is 11.6 Å². The molecule has 2 aromatic rings. The molecule has 3 nitrogen and oxygen atoms in total. The summed E-state index contributed by atoms with van der Waals surface area (Å²) in [5.74, 6) is -0.325. The van der Waals surface area contributed by atoms with Gasteiger partial charge in [0.05, 0.1) is 0 Å². The summed E-state index contributed by atoms with van der Waals surface area (Å²) in [4.78, 5) is 10.7. The Hall–Kier alpha value is -1.65. The summed E-state index contributed by atoms with van der Waals surface area (Å²) in [6, 6.07) is 15.2. The second kappa shape index (κ2) is 6.68. The molecule has 2 rings (SSSR count). The van der Waals surface area contributed by atoms with Crippen LogP contribution in [0.1, 0.15) is 5.56 Å². The van der Waals surface area contributed by atoms with Gasteiger partial charge in [0.15, 0.2) is 0 Å². The third-order valence-corrected chi connectivity index (χ3v) is 4.36. The van der Waals surface area contributed by atoms with Crippen molar-refractivity contribution in [1.82, 2.24) is 0 Å². The molecule has 0 fully saturated rings. The van der Waals surface area contributed by atoms with Crippen LogP contribution in [-0.4, -0.2) is 15.9 Å². The van der Waals surface area contributed by atoms with E-state index in [-0.39, 0.29) is 5.75 Å². The highest BCUT2D eigenvalue weighted by Gasteiger charge is 2.07. The summed E-state index contributed by atoms with van der Waals surface area (Å²) >= 11 is 6.14. The third kappa shape index (κ3) is 3.92. The Morgan fingerprint density at radius 3 is 2.35 bits per heavy atom. The first-order chi connectivity index (χ1) is 9.56. The lowest BCUT2D eigenvalue weighted by molar-refractivity contribution is -0.115. The number of carbonyl (C=O) groups is 1. The summed E-state index contributed by atoms with van der Waals surface area (Å²) in [5, 5.41) is 0.692. The maximum Gasteiger partial charge on any atom is 0.230 e. The lowest BCUT2D eigenvalue weighted by Gasteiger charge is -2.06. The van der Waals surface area contributed by atoms with Crippen LogP contribution in [0.25, 0.3) is 11.1 Å². The molecule has 0 bridgehead atoms. The molecule has 0 spiro atoms. The maximum atomic E-state index is 11.6. The quantitative estimate of drug-likeness (QED) is 0.923. The Labute approximate surface area is 125 Å². The summed E-state index contributed by atoms with van der Waals surface area (Å²) in [6.45, 7) is 0. The number of rotatable bonds is 5. The van der Waals surface area contributed by atoms with Crippen LogP contribution in [0, 0.1) is 0 Å². The van der Waals surface area contributed by atoms with Gasteiger partial charge in [0.25, 0.3) is 0 Å². The van der Waals surface area contributed by atoms with E-state index in [9.17, 15) is 9.00 Å². The van der Waals surface area contributed by atoms with Gasteiger partial charge in [-0.2, -0.15) is 0 Å². The van der Waals surface area contributed by atoms with Crippen molar-refractivity contribution in [3.63, 3.8) is 0 Å². The molecule has 0 heterocycles. The lowest BCUT2D eigenvalue weighted by atomic mass is 10.0. The Balaban J connectivity index is 2.13. The Bertz CT molecular complexity index is 641. The largest absolute Gasteiger partial charge is 0.369 e. The highest BCUT2D eigenvalue weighted by atomic mass is 35.5. The zero-order valence-electron chi connectivity index (χ0n) is 10.7. The van der Waals surface area contributed by atoms with Gasteiger partial charge in [-0.3, -0.25) is 9.00 Å². The van der Waals surface area contributed by atoms with Gasteiger partial charge < -0.3 is 5.73 Å². The summed E-state index contributed by atoms with van der Waals surface area (Å²) in [7, 11) is -1.26. The molecule has 20 heavy (non-hydrogen) atoms. The molecule has 5 heteroatoms. The average molecular weight is 308 g/mol. The van der Waals surface area contributed by atoms with Crippen LogP contribution in [0.15, 0.2) is 48.5 Å². The van der Waals surface area contributed by atoms with E-state index < -0.39 is 16.7 Å². The third-order valence-electron chi connectivity index (χ3n) is 2.77. The van der Waals surface area contributed by atoms with Gasteiger partial charge in [-0.05, 0) is 17.2 Å². The van der Waals surface area contributed by atoms with Gasteiger partial charge in [-0.25, -0.2) is 0 Å². The number of halogens is 1. The van der Waals surface area contributed by atoms with Gasteiger partial charge in [0, 0.05) is 27.1 Å². The van der Waals surface area contributed by atoms with Crippen molar-refractivity contribution >= 4 is 28.3 Å². The number of primary amides is 1. The minimum Gasteiger partial charge on any atom is -0.369 e. The van der Waals surface area contributed by atoms with Gasteiger partial charge in [0.2, 0.25) is 5.91 Å². The van der Waals surface area contributed by atoms with Gasteiger partial charge in [-0.15, -0.1) is 0 Å². The number of amides is 1. The molecule has 104 valence electrons. The van der Waals surface area contributed by atoms with Crippen molar-refractivity contribution in [2.75, 3.05) is 5.75 Å². The molecule has 0 radical (unpaired) electrons. The minimum atomic E-state index is -1.26. The van der Waals surface area contributed by atoms with Crippen LogP contribution in [0.4, 0.5) is 0 Å². The summed E-state index contributed by atoms with van der Waals surface area (Å²) in [6.07, 6.45) is 0. The fourth-order valence-electron chi connectivity index (χ4n) is 1.87. The van der Waals surface area contributed by atoms with Gasteiger partial charge >= 0.3 is 0 Å². The predicted molar refractivity (Wildman–Crippen MR) is 82.8 cm³/mol. The molecule has 0 aliphatic heterocycles. The minimum absolute atomic E-state index is 0.105. The van der Waals surface area contributed by atoms with Crippen LogP contribution in [0.3, 0.4) is 0 Å². The normalized spacial score (nSPS) is 12.1. The van der Waals surface area contributed by atoms with Gasteiger partial charge in [-0.1, -0.05) is 54.1 Å². The molecule has 2 N–H and O–H groups in total. The molecule has 1 atom stereocenters. The number of hydrogen-bond acceptors (Lipinski definition) is 2. The predicted octanol–water partition coefficient (Wildman–Crippen LogP) is 2.74.